The van der Waals surface area contributed by atoms with Gasteiger partial charge in [-0.2, -0.15) is 0 Å². The summed E-state index contributed by atoms with van der Waals surface area (Å²) in [7, 11) is -1.66. The summed E-state index contributed by atoms with van der Waals surface area (Å²) in [5.74, 6) is -0.248. The maximum Gasteiger partial charge on any atom is 0.488 e. The number of aromatic nitrogens is 1. The summed E-state index contributed by atoms with van der Waals surface area (Å²) in [4.78, 5) is 11.8. The number of hydrogen-bond acceptors (Lipinski definition) is 3. The first-order chi connectivity index (χ1) is 9.51. The second kappa shape index (κ2) is 6.03. The van der Waals surface area contributed by atoms with Crippen molar-refractivity contribution in [3.05, 3.63) is 63.8 Å². The van der Waals surface area contributed by atoms with E-state index in [-0.39, 0.29) is 16.8 Å². The van der Waals surface area contributed by atoms with Crippen molar-refractivity contribution >= 4 is 12.6 Å². The van der Waals surface area contributed by atoms with Crippen molar-refractivity contribution in [1.82, 2.24) is 4.57 Å². The minimum atomic E-state index is -1.66. The molecule has 1 aromatic heterocycles. The SMILES string of the molecule is CCc1cc(Cn2ccc(B(O)O)cc2=O)ccc1F. The van der Waals surface area contributed by atoms with Gasteiger partial charge in [-0.25, -0.2) is 4.39 Å². The van der Waals surface area contributed by atoms with Crippen molar-refractivity contribution in [2.75, 3.05) is 0 Å². The third-order valence-corrected chi connectivity index (χ3v) is 3.16. The first-order valence-corrected chi connectivity index (χ1v) is 6.35. The molecule has 6 heteroatoms. The second-order valence-corrected chi connectivity index (χ2v) is 4.58. The Kier molecular flexibility index (Phi) is 4.37. The van der Waals surface area contributed by atoms with Gasteiger partial charge in [0.1, 0.15) is 5.82 Å². The minimum Gasteiger partial charge on any atom is -0.423 e. The Balaban J connectivity index is 2.28. The van der Waals surface area contributed by atoms with Gasteiger partial charge in [0.2, 0.25) is 5.56 Å². The Hall–Kier alpha value is -1.92. The molecule has 0 atom stereocenters. The van der Waals surface area contributed by atoms with Crippen LogP contribution in [0.3, 0.4) is 0 Å². The molecule has 1 heterocycles. The van der Waals surface area contributed by atoms with Gasteiger partial charge in [0, 0.05) is 12.3 Å². The van der Waals surface area contributed by atoms with Crippen molar-refractivity contribution in [1.29, 1.82) is 0 Å². The summed E-state index contributed by atoms with van der Waals surface area (Å²) >= 11 is 0. The van der Waals surface area contributed by atoms with E-state index in [1.807, 2.05) is 6.92 Å². The van der Waals surface area contributed by atoms with Crippen LogP contribution in [0.4, 0.5) is 4.39 Å². The normalized spacial score (nSPS) is 10.6. The van der Waals surface area contributed by atoms with Crippen molar-refractivity contribution in [3.8, 4) is 0 Å². The number of rotatable bonds is 4. The number of halogens is 1. The molecule has 0 aliphatic rings. The zero-order valence-corrected chi connectivity index (χ0v) is 11.1. The van der Waals surface area contributed by atoms with Gasteiger partial charge in [0.15, 0.2) is 0 Å². The van der Waals surface area contributed by atoms with Crippen LogP contribution in [0.15, 0.2) is 41.3 Å². The second-order valence-electron chi connectivity index (χ2n) is 4.58. The summed E-state index contributed by atoms with van der Waals surface area (Å²) in [5.41, 5.74) is 1.25. The molecular weight excluding hydrogens is 260 g/mol. The largest absolute Gasteiger partial charge is 0.488 e. The molecule has 104 valence electrons. The van der Waals surface area contributed by atoms with Crippen LogP contribution in [0.2, 0.25) is 0 Å². The summed E-state index contributed by atoms with van der Waals surface area (Å²) in [6.07, 6.45) is 2.08. The van der Waals surface area contributed by atoms with Crippen LogP contribution in [0.1, 0.15) is 18.1 Å². The molecule has 0 aliphatic heterocycles. The first kappa shape index (κ1) is 14.5. The van der Waals surface area contributed by atoms with E-state index >= 15 is 0 Å². The predicted octanol–water partition coefficient (Wildman–Crippen LogP) is 0.278. The number of nitrogens with zero attached hydrogens (tertiary/aromatic N) is 1. The molecule has 0 fully saturated rings. The van der Waals surface area contributed by atoms with Crippen LogP contribution in [-0.4, -0.2) is 21.7 Å². The molecule has 0 amide bonds. The fraction of sp³-hybridized carbons (Fsp3) is 0.214. The van der Waals surface area contributed by atoms with Crippen molar-refractivity contribution < 1.29 is 14.4 Å². The Morgan fingerprint density at radius 2 is 2.00 bits per heavy atom. The van der Waals surface area contributed by atoms with Crippen LogP contribution in [0.5, 0.6) is 0 Å². The summed E-state index contributed by atoms with van der Waals surface area (Å²) < 4.78 is 14.8. The van der Waals surface area contributed by atoms with Crippen LogP contribution in [0, 0.1) is 5.82 Å². The summed E-state index contributed by atoms with van der Waals surface area (Å²) in [6, 6.07) is 7.41. The lowest BCUT2D eigenvalue weighted by molar-refractivity contribution is 0.425. The maximum absolute atomic E-state index is 13.4. The smallest absolute Gasteiger partial charge is 0.423 e. The Morgan fingerprint density at radius 3 is 2.60 bits per heavy atom. The van der Waals surface area contributed by atoms with Gasteiger partial charge < -0.3 is 14.6 Å². The maximum atomic E-state index is 13.4. The van der Waals surface area contributed by atoms with E-state index in [0.29, 0.717) is 18.5 Å². The molecule has 0 aliphatic carbocycles. The highest BCUT2D eigenvalue weighted by Gasteiger charge is 2.12. The van der Waals surface area contributed by atoms with Crippen molar-refractivity contribution in [2.45, 2.75) is 19.9 Å². The van der Waals surface area contributed by atoms with Gasteiger partial charge in [0.05, 0.1) is 6.54 Å². The average molecular weight is 275 g/mol. The minimum absolute atomic E-state index is 0.152. The molecule has 0 saturated heterocycles. The van der Waals surface area contributed by atoms with Gasteiger partial charge in [-0.05, 0) is 35.1 Å². The lowest BCUT2D eigenvalue weighted by atomic mass is 9.81. The first-order valence-electron chi connectivity index (χ1n) is 6.35. The molecule has 0 saturated carbocycles. The molecule has 0 unspecified atom stereocenters. The van der Waals surface area contributed by atoms with E-state index < -0.39 is 7.12 Å². The number of hydrogen-bond donors (Lipinski definition) is 2. The van der Waals surface area contributed by atoms with Gasteiger partial charge in [-0.15, -0.1) is 0 Å². The van der Waals surface area contributed by atoms with Gasteiger partial charge >= 0.3 is 7.12 Å². The third-order valence-electron chi connectivity index (χ3n) is 3.16. The van der Waals surface area contributed by atoms with Crippen LogP contribution < -0.4 is 11.0 Å². The lowest BCUT2D eigenvalue weighted by Gasteiger charge is -2.09. The topological polar surface area (TPSA) is 62.5 Å². The number of benzene rings is 1. The highest BCUT2D eigenvalue weighted by Crippen LogP contribution is 2.11. The molecule has 2 N–H and O–H groups in total. The van der Waals surface area contributed by atoms with E-state index in [4.69, 9.17) is 10.0 Å². The van der Waals surface area contributed by atoms with Crippen molar-refractivity contribution in [3.63, 3.8) is 0 Å². The van der Waals surface area contributed by atoms with E-state index in [9.17, 15) is 9.18 Å². The number of aryl methyl sites for hydroxylation is 1. The Labute approximate surface area is 116 Å². The molecule has 2 aromatic rings. The molecule has 0 bridgehead atoms. The molecule has 1 aromatic carbocycles. The van der Waals surface area contributed by atoms with E-state index in [1.165, 1.54) is 29.0 Å². The zero-order chi connectivity index (χ0) is 14.7. The van der Waals surface area contributed by atoms with Gasteiger partial charge in [0.25, 0.3) is 0 Å². The van der Waals surface area contributed by atoms with Crippen LogP contribution in [-0.2, 0) is 13.0 Å². The zero-order valence-electron chi connectivity index (χ0n) is 11.1. The molecule has 2 rings (SSSR count). The Bertz CT molecular complexity index is 670. The average Bonchev–Trinajstić information content (AvgIpc) is 2.42. The fourth-order valence-electron chi connectivity index (χ4n) is 2.01. The van der Waals surface area contributed by atoms with Gasteiger partial charge in [-0.1, -0.05) is 19.1 Å². The third kappa shape index (κ3) is 3.15. The highest BCUT2D eigenvalue weighted by atomic mass is 19.1. The summed E-state index contributed by atoms with van der Waals surface area (Å²) in [6.45, 7) is 2.18. The number of pyridine rings is 1. The predicted molar refractivity (Wildman–Crippen MR) is 75.4 cm³/mol. The van der Waals surface area contributed by atoms with Gasteiger partial charge in [-0.3, -0.25) is 4.79 Å². The highest BCUT2D eigenvalue weighted by molar-refractivity contribution is 6.58. The Morgan fingerprint density at radius 1 is 1.25 bits per heavy atom. The van der Waals surface area contributed by atoms with E-state index in [0.717, 1.165) is 5.56 Å². The molecular formula is C14H15BFNO3. The molecule has 4 nitrogen and oxygen atoms in total. The molecule has 0 radical (unpaired) electrons. The van der Waals surface area contributed by atoms with Crippen LogP contribution in [0.25, 0.3) is 0 Å². The summed E-state index contributed by atoms with van der Waals surface area (Å²) in [5, 5.41) is 18.0. The van der Waals surface area contributed by atoms with Crippen LogP contribution >= 0.6 is 0 Å². The monoisotopic (exact) mass is 275 g/mol. The van der Waals surface area contributed by atoms with E-state index in [1.54, 1.807) is 12.1 Å². The molecule has 0 spiro atoms. The molecule has 20 heavy (non-hydrogen) atoms. The van der Waals surface area contributed by atoms with E-state index in [2.05, 4.69) is 0 Å². The standard InChI is InChI=1S/C14H15BFNO3/c1-2-11-7-10(3-4-13(11)16)9-17-6-5-12(15(19)20)8-14(17)18/h3-8,19-20H,2,9H2,1H3. The van der Waals surface area contributed by atoms with Crippen molar-refractivity contribution in [2.24, 2.45) is 0 Å². The quantitative estimate of drug-likeness (QED) is 0.788. The lowest BCUT2D eigenvalue weighted by Crippen LogP contribution is -2.35. The fourth-order valence-corrected chi connectivity index (χ4v) is 2.01.